The second kappa shape index (κ2) is 6.23. The lowest BCUT2D eigenvalue weighted by atomic mass is 10.1. The van der Waals surface area contributed by atoms with E-state index in [0.29, 0.717) is 11.3 Å². The normalized spacial score (nSPS) is 10.3. The summed E-state index contributed by atoms with van der Waals surface area (Å²) < 4.78 is 5.22. The fraction of sp³-hybridized carbons (Fsp3) is 0.0588. The third-order valence-electron chi connectivity index (χ3n) is 3.16. The summed E-state index contributed by atoms with van der Waals surface area (Å²) in [7, 11) is 0. The van der Waals surface area contributed by atoms with E-state index in [0.717, 1.165) is 5.69 Å². The smallest absolute Gasteiger partial charge is 0.365 e. The third kappa shape index (κ3) is 3.32. The van der Waals surface area contributed by atoms with Gasteiger partial charge in [-0.05, 0) is 43.3 Å². The molecule has 0 saturated carbocycles. The average molecular weight is 307 g/mol. The van der Waals surface area contributed by atoms with Gasteiger partial charge in [-0.25, -0.2) is 4.79 Å². The van der Waals surface area contributed by atoms with Gasteiger partial charge in [0.25, 0.3) is 0 Å². The van der Waals surface area contributed by atoms with Crippen molar-refractivity contribution in [2.24, 2.45) is 0 Å². The highest BCUT2D eigenvalue weighted by atomic mass is 16.5. The van der Waals surface area contributed by atoms with Crippen LogP contribution < -0.4 is 4.74 Å². The van der Waals surface area contributed by atoms with Gasteiger partial charge in [0.1, 0.15) is 5.75 Å². The summed E-state index contributed by atoms with van der Waals surface area (Å²) in [6.45, 7) is 1.48. The number of rotatable bonds is 4. The summed E-state index contributed by atoms with van der Waals surface area (Å²) in [5, 5.41) is 8.15. The van der Waals surface area contributed by atoms with E-state index >= 15 is 0 Å². The molecule has 0 saturated heterocycles. The molecular weight excluding hydrogens is 294 g/mol. The molecule has 23 heavy (non-hydrogen) atoms. The van der Waals surface area contributed by atoms with Crippen LogP contribution in [0.4, 0.5) is 0 Å². The minimum Gasteiger partial charge on any atom is -0.422 e. The second-order valence-electron chi connectivity index (χ2n) is 4.82. The molecule has 0 aliphatic rings. The van der Waals surface area contributed by atoms with E-state index in [4.69, 9.17) is 4.74 Å². The molecule has 3 rings (SSSR count). The Balaban J connectivity index is 1.74. The third-order valence-corrected chi connectivity index (χ3v) is 3.16. The van der Waals surface area contributed by atoms with Crippen LogP contribution in [0.3, 0.4) is 0 Å². The van der Waals surface area contributed by atoms with Gasteiger partial charge < -0.3 is 4.74 Å². The maximum atomic E-state index is 12.1. The molecule has 0 radical (unpaired) electrons. The Morgan fingerprint density at radius 1 is 1.00 bits per heavy atom. The summed E-state index contributed by atoms with van der Waals surface area (Å²) in [5.74, 6) is -0.314. The zero-order valence-corrected chi connectivity index (χ0v) is 12.3. The van der Waals surface area contributed by atoms with Gasteiger partial charge in [-0.15, -0.1) is 5.10 Å². The summed E-state index contributed by atoms with van der Waals surface area (Å²) in [4.78, 5) is 24.6. The monoisotopic (exact) mass is 307 g/mol. The molecule has 0 fully saturated rings. The van der Waals surface area contributed by atoms with E-state index in [1.54, 1.807) is 24.3 Å². The van der Waals surface area contributed by atoms with E-state index < -0.39 is 5.97 Å². The molecule has 1 heterocycles. The van der Waals surface area contributed by atoms with Gasteiger partial charge in [-0.1, -0.05) is 18.2 Å². The molecule has 6 nitrogen and oxygen atoms in total. The first kappa shape index (κ1) is 14.6. The minimum atomic E-state index is -0.609. The first-order chi connectivity index (χ1) is 11.1. The van der Waals surface area contributed by atoms with E-state index in [-0.39, 0.29) is 11.5 Å². The Morgan fingerprint density at radius 3 is 2.35 bits per heavy atom. The largest absolute Gasteiger partial charge is 0.422 e. The number of ether oxygens (including phenoxy) is 1. The number of carbonyl (C=O) groups excluding carboxylic acids is 2. The lowest BCUT2D eigenvalue weighted by Crippen LogP contribution is -2.10. The molecule has 0 unspecified atom stereocenters. The number of nitrogens with zero attached hydrogens (tertiary/aromatic N) is 3. The lowest BCUT2D eigenvalue weighted by Gasteiger charge is -2.02. The summed E-state index contributed by atoms with van der Waals surface area (Å²) >= 11 is 0. The van der Waals surface area contributed by atoms with Gasteiger partial charge >= 0.3 is 5.97 Å². The number of ketones is 1. The molecule has 2 aromatic carbocycles. The van der Waals surface area contributed by atoms with Crippen LogP contribution in [0.25, 0.3) is 5.69 Å². The maximum Gasteiger partial charge on any atom is 0.365 e. The highest BCUT2D eigenvalue weighted by Crippen LogP contribution is 2.14. The van der Waals surface area contributed by atoms with Crippen molar-refractivity contribution in [2.75, 3.05) is 0 Å². The zero-order chi connectivity index (χ0) is 16.2. The second-order valence-corrected chi connectivity index (χ2v) is 4.82. The van der Waals surface area contributed by atoms with Crippen molar-refractivity contribution in [3.05, 3.63) is 72.1 Å². The Hall–Kier alpha value is -3.28. The Bertz CT molecular complexity index is 839. The van der Waals surface area contributed by atoms with Crippen LogP contribution in [-0.2, 0) is 0 Å². The van der Waals surface area contributed by atoms with Crippen molar-refractivity contribution >= 4 is 11.8 Å². The first-order valence-corrected chi connectivity index (χ1v) is 6.94. The zero-order valence-electron chi connectivity index (χ0n) is 12.3. The lowest BCUT2D eigenvalue weighted by molar-refractivity contribution is 0.0728. The summed E-state index contributed by atoms with van der Waals surface area (Å²) in [6, 6.07) is 15.6. The number of aromatic nitrogens is 3. The predicted octanol–water partition coefficient (Wildman–Crippen LogP) is 2.69. The molecule has 0 bridgehead atoms. The van der Waals surface area contributed by atoms with Crippen molar-refractivity contribution in [3.63, 3.8) is 0 Å². The maximum absolute atomic E-state index is 12.1. The fourth-order valence-electron chi connectivity index (χ4n) is 1.96. The van der Waals surface area contributed by atoms with Gasteiger partial charge in [0.2, 0.25) is 0 Å². The molecule has 0 atom stereocenters. The molecule has 0 N–H and O–H groups in total. The van der Waals surface area contributed by atoms with E-state index in [2.05, 4.69) is 10.2 Å². The Labute approximate surface area is 132 Å². The van der Waals surface area contributed by atoms with Crippen molar-refractivity contribution in [1.82, 2.24) is 15.0 Å². The molecule has 0 spiro atoms. The molecule has 0 aliphatic heterocycles. The van der Waals surface area contributed by atoms with Crippen LogP contribution in [0.15, 0.2) is 60.8 Å². The highest BCUT2D eigenvalue weighted by molar-refractivity contribution is 5.94. The van der Waals surface area contributed by atoms with Crippen LogP contribution in [0, 0.1) is 0 Å². The average Bonchev–Trinajstić information content (AvgIpc) is 3.06. The number of esters is 1. The number of Topliss-reactive ketones (excluding diaryl/α,β-unsaturated/α-hetero) is 1. The summed E-state index contributed by atoms with van der Waals surface area (Å²) in [6.07, 6.45) is 1.35. The van der Waals surface area contributed by atoms with Gasteiger partial charge in [0.15, 0.2) is 11.5 Å². The van der Waals surface area contributed by atoms with Gasteiger partial charge in [0.05, 0.1) is 11.9 Å². The molecule has 0 aliphatic carbocycles. The van der Waals surface area contributed by atoms with Gasteiger partial charge in [-0.2, -0.15) is 9.90 Å². The van der Waals surface area contributed by atoms with Gasteiger partial charge in [0, 0.05) is 5.56 Å². The molecule has 0 amide bonds. The van der Waals surface area contributed by atoms with Crippen molar-refractivity contribution in [2.45, 2.75) is 6.92 Å². The van der Waals surface area contributed by atoms with Crippen LogP contribution in [-0.4, -0.2) is 26.7 Å². The van der Waals surface area contributed by atoms with Crippen molar-refractivity contribution < 1.29 is 14.3 Å². The van der Waals surface area contributed by atoms with E-state index in [1.165, 1.54) is 17.9 Å². The molecule has 1 aromatic heterocycles. The molecule has 6 heteroatoms. The molecule has 3 aromatic rings. The predicted molar refractivity (Wildman–Crippen MR) is 82.8 cm³/mol. The van der Waals surface area contributed by atoms with Crippen LogP contribution in [0.2, 0.25) is 0 Å². The summed E-state index contributed by atoms with van der Waals surface area (Å²) in [5.41, 5.74) is 1.40. The Morgan fingerprint density at radius 2 is 1.70 bits per heavy atom. The van der Waals surface area contributed by atoms with Gasteiger partial charge in [-0.3, -0.25) is 4.79 Å². The van der Waals surface area contributed by atoms with E-state index in [1.807, 2.05) is 30.3 Å². The number of para-hydroxylation sites is 1. The van der Waals surface area contributed by atoms with Crippen LogP contribution in [0.1, 0.15) is 27.8 Å². The van der Waals surface area contributed by atoms with Crippen LogP contribution in [0.5, 0.6) is 5.75 Å². The topological polar surface area (TPSA) is 74.1 Å². The molecular formula is C17H13N3O3. The highest BCUT2D eigenvalue weighted by Gasteiger charge is 2.14. The number of hydrogen-bond donors (Lipinski definition) is 0. The van der Waals surface area contributed by atoms with Crippen LogP contribution >= 0.6 is 0 Å². The standard InChI is InChI=1S/C17H13N3O3/c1-12(21)13-7-9-15(10-8-13)23-17(22)16-11-18-20(19-16)14-5-3-2-4-6-14/h2-11H,1H3. The molecule has 114 valence electrons. The van der Waals surface area contributed by atoms with Crippen molar-refractivity contribution in [1.29, 1.82) is 0 Å². The first-order valence-electron chi connectivity index (χ1n) is 6.94. The van der Waals surface area contributed by atoms with E-state index in [9.17, 15) is 9.59 Å². The minimum absolute atomic E-state index is 0.0475. The quantitative estimate of drug-likeness (QED) is 0.421. The number of carbonyl (C=O) groups is 2. The fourth-order valence-corrected chi connectivity index (χ4v) is 1.96. The SMILES string of the molecule is CC(=O)c1ccc(OC(=O)c2cnn(-c3ccccc3)n2)cc1. The van der Waals surface area contributed by atoms with Crippen molar-refractivity contribution in [3.8, 4) is 11.4 Å². The number of hydrogen-bond acceptors (Lipinski definition) is 5. The Kier molecular flexibility index (Phi) is 3.97. The number of benzene rings is 2.